The van der Waals surface area contributed by atoms with Gasteiger partial charge in [-0.1, -0.05) is 6.07 Å². The molecule has 3 rings (SSSR count). The molecule has 1 N–H and O–H groups in total. The van der Waals surface area contributed by atoms with Gasteiger partial charge in [0.05, 0.1) is 5.56 Å². The first kappa shape index (κ1) is 22.4. The molecule has 3 aromatic heterocycles. The predicted molar refractivity (Wildman–Crippen MR) is 110 cm³/mol. The largest absolute Gasteiger partial charge is 0.443 e. The number of carbonyl (C=O) groups is 1. The van der Waals surface area contributed by atoms with Gasteiger partial charge >= 0.3 is 12.3 Å². The third kappa shape index (κ3) is 5.45. The maximum Gasteiger partial charge on any atom is 0.418 e. The summed E-state index contributed by atoms with van der Waals surface area (Å²) < 4.78 is 50.4. The van der Waals surface area contributed by atoms with Crippen LogP contribution in [0.15, 0.2) is 36.7 Å². The molecule has 0 aliphatic heterocycles. The van der Waals surface area contributed by atoms with Crippen molar-refractivity contribution in [2.24, 2.45) is 0 Å². The van der Waals surface area contributed by atoms with Crippen LogP contribution < -0.4 is 10.2 Å². The fourth-order valence-corrected chi connectivity index (χ4v) is 3.09. The SMILES string of the molecule is CN(C(=O)OC(C)(C)C)c1c(C(F)(F)F)ccnc1Nc1nc(-c2ccccn2)ns1. The summed E-state index contributed by atoms with van der Waals surface area (Å²) in [6, 6.07) is 6.00. The minimum atomic E-state index is -4.73. The van der Waals surface area contributed by atoms with Crippen molar-refractivity contribution in [1.82, 2.24) is 19.3 Å². The molecule has 8 nitrogen and oxygen atoms in total. The average molecular weight is 452 g/mol. The zero-order chi connectivity index (χ0) is 22.8. The van der Waals surface area contributed by atoms with E-state index >= 15 is 0 Å². The highest BCUT2D eigenvalue weighted by Crippen LogP contribution is 2.41. The molecule has 0 radical (unpaired) electrons. The summed E-state index contributed by atoms with van der Waals surface area (Å²) in [5.74, 6) is 0.0917. The first-order chi connectivity index (χ1) is 14.5. The van der Waals surface area contributed by atoms with E-state index in [1.807, 2.05) is 0 Å². The monoisotopic (exact) mass is 452 g/mol. The molecule has 3 heterocycles. The Kier molecular flexibility index (Phi) is 6.11. The first-order valence-corrected chi connectivity index (χ1v) is 9.78. The van der Waals surface area contributed by atoms with E-state index in [-0.39, 0.29) is 10.9 Å². The standard InChI is InChI=1S/C19H19F3N6O2S/c1-18(2,3)30-17(29)28(4)13-11(19(20,21)22)8-10-24-15(13)26-16-25-14(27-31-16)12-7-5-6-9-23-12/h5-10H,1-4H3,(H,24,25,26,27). The maximum absolute atomic E-state index is 13.7. The van der Waals surface area contributed by atoms with Gasteiger partial charge in [-0.25, -0.2) is 9.78 Å². The van der Waals surface area contributed by atoms with Crippen molar-refractivity contribution in [2.45, 2.75) is 32.5 Å². The van der Waals surface area contributed by atoms with Crippen LogP contribution in [0.3, 0.4) is 0 Å². The van der Waals surface area contributed by atoms with Gasteiger partial charge in [-0.2, -0.15) is 22.5 Å². The Labute approximate surface area is 180 Å². The zero-order valence-corrected chi connectivity index (χ0v) is 17.9. The number of hydrogen-bond donors (Lipinski definition) is 1. The Morgan fingerprint density at radius 2 is 1.87 bits per heavy atom. The van der Waals surface area contributed by atoms with Gasteiger partial charge in [0.1, 0.15) is 17.0 Å². The molecular formula is C19H19F3N6O2S. The number of pyridine rings is 2. The Balaban J connectivity index is 1.99. The smallest absolute Gasteiger partial charge is 0.418 e. The third-order valence-corrected chi connectivity index (χ3v) is 4.41. The van der Waals surface area contributed by atoms with Crippen LogP contribution in [0.1, 0.15) is 26.3 Å². The number of anilines is 3. The van der Waals surface area contributed by atoms with Crippen molar-refractivity contribution >= 4 is 34.3 Å². The molecule has 0 spiro atoms. The van der Waals surface area contributed by atoms with E-state index in [4.69, 9.17) is 4.74 Å². The van der Waals surface area contributed by atoms with Crippen LogP contribution in [0.2, 0.25) is 0 Å². The van der Waals surface area contributed by atoms with Crippen molar-refractivity contribution in [3.8, 4) is 11.5 Å². The predicted octanol–water partition coefficient (Wildman–Crippen LogP) is 5.13. The number of amides is 1. The highest BCUT2D eigenvalue weighted by Gasteiger charge is 2.38. The van der Waals surface area contributed by atoms with Gasteiger partial charge in [0, 0.05) is 31.0 Å². The first-order valence-electron chi connectivity index (χ1n) is 9.01. The summed E-state index contributed by atoms with van der Waals surface area (Å²) in [6.07, 6.45) is -3.12. The number of aromatic nitrogens is 4. The molecule has 0 unspecified atom stereocenters. The Morgan fingerprint density at radius 3 is 2.48 bits per heavy atom. The summed E-state index contributed by atoms with van der Waals surface area (Å²) in [6.45, 7) is 4.85. The van der Waals surface area contributed by atoms with Crippen LogP contribution in [0.5, 0.6) is 0 Å². The van der Waals surface area contributed by atoms with Crippen LogP contribution in [-0.2, 0) is 10.9 Å². The van der Waals surface area contributed by atoms with Crippen molar-refractivity contribution < 1.29 is 22.7 Å². The summed E-state index contributed by atoms with van der Waals surface area (Å²) in [7, 11) is 1.19. The molecule has 0 bridgehead atoms. The van der Waals surface area contributed by atoms with E-state index in [0.717, 1.165) is 28.7 Å². The van der Waals surface area contributed by atoms with E-state index in [1.165, 1.54) is 7.05 Å². The lowest BCUT2D eigenvalue weighted by Gasteiger charge is -2.27. The Hall–Kier alpha value is -3.28. The second-order valence-corrected chi connectivity index (χ2v) is 8.11. The van der Waals surface area contributed by atoms with Gasteiger partial charge in [-0.15, -0.1) is 0 Å². The summed E-state index contributed by atoms with van der Waals surface area (Å²) in [5.41, 5.74) is -1.92. The lowest BCUT2D eigenvalue weighted by molar-refractivity contribution is -0.137. The van der Waals surface area contributed by atoms with Crippen LogP contribution in [-0.4, -0.2) is 38.1 Å². The van der Waals surface area contributed by atoms with E-state index < -0.39 is 29.1 Å². The molecule has 0 atom stereocenters. The molecule has 0 saturated carbocycles. The number of hydrogen-bond acceptors (Lipinski definition) is 8. The Bertz CT molecular complexity index is 1070. The lowest BCUT2D eigenvalue weighted by atomic mass is 10.2. The fraction of sp³-hybridized carbons (Fsp3) is 0.316. The highest BCUT2D eigenvalue weighted by atomic mass is 32.1. The molecule has 0 aliphatic rings. The van der Waals surface area contributed by atoms with Gasteiger partial charge < -0.3 is 10.1 Å². The number of nitrogens with zero attached hydrogens (tertiary/aromatic N) is 5. The summed E-state index contributed by atoms with van der Waals surface area (Å²) >= 11 is 0.923. The molecule has 0 aliphatic carbocycles. The topological polar surface area (TPSA) is 93.1 Å². The van der Waals surface area contributed by atoms with Gasteiger partial charge in [0.15, 0.2) is 11.6 Å². The lowest BCUT2D eigenvalue weighted by Crippen LogP contribution is -2.35. The van der Waals surface area contributed by atoms with E-state index in [1.54, 1.807) is 45.2 Å². The molecule has 0 fully saturated rings. The minimum Gasteiger partial charge on any atom is -0.443 e. The number of ether oxygens (including phenoxy) is 1. The summed E-state index contributed by atoms with van der Waals surface area (Å²) in [5, 5.41) is 2.92. The molecule has 164 valence electrons. The number of rotatable bonds is 4. The van der Waals surface area contributed by atoms with Crippen LogP contribution >= 0.6 is 11.5 Å². The summed E-state index contributed by atoms with van der Waals surface area (Å²) in [4.78, 5) is 25.6. The molecule has 31 heavy (non-hydrogen) atoms. The second kappa shape index (κ2) is 8.46. The Morgan fingerprint density at radius 1 is 1.13 bits per heavy atom. The number of carbonyl (C=O) groups excluding carboxylic acids is 1. The second-order valence-electron chi connectivity index (χ2n) is 7.36. The number of nitrogens with one attached hydrogen (secondary N) is 1. The van der Waals surface area contributed by atoms with E-state index in [0.29, 0.717) is 11.5 Å². The average Bonchev–Trinajstić information content (AvgIpc) is 3.14. The molecule has 1 amide bonds. The van der Waals surface area contributed by atoms with Gasteiger partial charge in [0.25, 0.3) is 0 Å². The molecule has 12 heteroatoms. The minimum absolute atomic E-state index is 0.186. The molecular weight excluding hydrogens is 433 g/mol. The van der Waals surface area contributed by atoms with E-state index in [9.17, 15) is 18.0 Å². The van der Waals surface area contributed by atoms with Crippen molar-refractivity contribution in [3.63, 3.8) is 0 Å². The van der Waals surface area contributed by atoms with Crippen molar-refractivity contribution in [1.29, 1.82) is 0 Å². The quantitative estimate of drug-likeness (QED) is 0.587. The van der Waals surface area contributed by atoms with Gasteiger partial charge in [-0.3, -0.25) is 9.88 Å². The fourth-order valence-electron chi connectivity index (χ4n) is 2.51. The normalized spacial score (nSPS) is 11.8. The third-order valence-electron chi connectivity index (χ3n) is 3.78. The van der Waals surface area contributed by atoms with E-state index in [2.05, 4.69) is 24.6 Å². The molecule has 3 aromatic rings. The van der Waals surface area contributed by atoms with Gasteiger partial charge in [-0.05, 0) is 39.0 Å². The zero-order valence-electron chi connectivity index (χ0n) is 17.1. The molecule has 0 saturated heterocycles. The van der Waals surface area contributed by atoms with Crippen LogP contribution in [0.25, 0.3) is 11.5 Å². The maximum atomic E-state index is 13.7. The number of alkyl halides is 3. The van der Waals surface area contributed by atoms with Crippen LogP contribution in [0, 0.1) is 0 Å². The number of halogens is 3. The van der Waals surface area contributed by atoms with Gasteiger partial charge in [0.2, 0.25) is 5.13 Å². The van der Waals surface area contributed by atoms with Crippen molar-refractivity contribution in [3.05, 3.63) is 42.2 Å². The van der Waals surface area contributed by atoms with Crippen LogP contribution in [0.4, 0.5) is 34.6 Å². The molecule has 0 aromatic carbocycles. The highest BCUT2D eigenvalue weighted by molar-refractivity contribution is 7.09. The van der Waals surface area contributed by atoms with Crippen molar-refractivity contribution in [2.75, 3.05) is 17.3 Å².